The van der Waals surface area contributed by atoms with Crippen molar-refractivity contribution < 1.29 is 0 Å². The molecule has 2 nitrogen and oxygen atoms in total. The first-order chi connectivity index (χ1) is 6.75. The first-order valence-corrected chi connectivity index (χ1v) is 5.39. The molecule has 1 aromatic heterocycles. The van der Waals surface area contributed by atoms with Crippen LogP contribution in [-0.2, 0) is 0 Å². The zero-order chi connectivity index (χ0) is 10.4. The Balaban J connectivity index is 2.68. The lowest BCUT2D eigenvalue weighted by Crippen LogP contribution is -2.26. The minimum Gasteiger partial charge on any atom is -0.310 e. The van der Waals surface area contributed by atoms with E-state index in [0.29, 0.717) is 12.0 Å². The summed E-state index contributed by atoms with van der Waals surface area (Å²) in [6.07, 6.45) is 4.94. The van der Waals surface area contributed by atoms with E-state index < -0.39 is 0 Å². The standard InChI is InChI=1S/C12H20N2/c1-4-7-14-12(10(2)3)11-6-5-8-13-9-11/h5-6,8-10,12,14H,4,7H2,1-3H3. The molecule has 1 aromatic rings. The van der Waals surface area contributed by atoms with Gasteiger partial charge in [0.25, 0.3) is 0 Å². The first-order valence-electron chi connectivity index (χ1n) is 5.39. The average Bonchev–Trinajstić information content (AvgIpc) is 2.19. The molecule has 0 bridgehead atoms. The smallest absolute Gasteiger partial charge is 0.0358 e. The van der Waals surface area contributed by atoms with E-state index in [-0.39, 0.29) is 0 Å². The lowest BCUT2D eigenvalue weighted by Gasteiger charge is -2.22. The molecule has 2 heteroatoms. The van der Waals surface area contributed by atoms with Gasteiger partial charge in [-0.15, -0.1) is 0 Å². The number of hydrogen-bond donors (Lipinski definition) is 1. The van der Waals surface area contributed by atoms with Crippen LogP contribution in [0.15, 0.2) is 24.5 Å². The quantitative estimate of drug-likeness (QED) is 0.776. The Labute approximate surface area is 86.8 Å². The number of rotatable bonds is 5. The third-order valence-electron chi connectivity index (χ3n) is 2.32. The van der Waals surface area contributed by atoms with E-state index in [1.165, 1.54) is 12.0 Å². The Morgan fingerprint density at radius 3 is 2.71 bits per heavy atom. The van der Waals surface area contributed by atoms with Gasteiger partial charge in [-0.2, -0.15) is 0 Å². The molecule has 1 rings (SSSR count). The molecule has 0 aliphatic rings. The van der Waals surface area contributed by atoms with E-state index in [2.05, 4.69) is 37.1 Å². The predicted molar refractivity (Wildman–Crippen MR) is 60.1 cm³/mol. The van der Waals surface area contributed by atoms with Crippen molar-refractivity contribution in [3.63, 3.8) is 0 Å². The number of nitrogens with one attached hydrogen (secondary N) is 1. The van der Waals surface area contributed by atoms with E-state index in [4.69, 9.17) is 0 Å². The van der Waals surface area contributed by atoms with Crippen LogP contribution in [0.5, 0.6) is 0 Å². The van der Waals surface area contributed by atoms with Crippen molar-refractivity contribution in [1.82, 2.24) is 10.3 Å². The lowest BCUT2D eigenvalue weighted by molar-refractivity contribution is 0.412. The molecular formula is C12H20N2. The van der Waals surface area contributed by atoms with Crippen molar-refractivity contribution in [3.05, 3.63) is 30.1 Å². The molecule has 1 N–H and O–H groups in total. The summed E-state index contributed by atoms with van der Waals surface area (Å²) in [4.78, 5) is 4.16. The monoisotopic (exact) mass is 192 g/mol. The molecule has 0 saturated heterocycles. The second kappa shape index (κ2) is 5.76. The molecule has 1 heterocycles. The van der Waals surface area contributed by atoms with Crippen LogP contribution in [0.4, 0.5) is 0 Å². The molecule has 1 unspecified atom stereocenters. The van der Waals surface area contributed by atoms with E-state index in [0.717, 1.165) is 6.54 Å². The molecule has 0 fully saturated rings. The normalized spacial score (nSPS) is 13.1. The number of pyridine rings is 1. The van der Waals surface area contributed by atoms with E-state index >= 15 is 0 Å². The molecule has 14 heavy (non-hydrogen) atoms. The van der Waals surface area contributed by atoms with Crippen LogP contribution < -0.4 is 5.32 Å². The Hall–Kier alpha value is -0.890. The van der Waals surface area contributed by atoms with Gasteiger partial charge in [-0.25, -0.2) is 0 Å². The van der Waals surface area contributed by atoms with Gasteiger partial charge in [-0.05, 0) is 30.5 Å². The van der Waals surface area contributed by atoms with E-state index in [1.807, 2.05) is 18.5 Å². The SMILES string of the molecule is CCCNC(c1cccnc1)C(C)C. The minimum atomic E-state index is 0.434. The van der Waals surface area contributed by atoms with Gasteiger partial charge in [0.2, 0.25) is 0 Å². The topological polar surface area (TPSA) is 24.9 Å². The summed E-state index contributed by atoms with van der Waals surface area (Å²) < 4.78 is 0. The van der Waals surface area contributed by atoms with Gasteiger partial charge in [0.1, 0.15) is 0 Å². The van der Waals surface area contributed by atoms with Crippen molar-refractivity contribution >= 4 is 0 Å². The largest absolute Gasteiger partial charge is 0.310 e. The second-order valence-corrected chi connectivity index (χ2v) is 3.96. The van der Waals surface area contributed by atoms with Crippen molar-refractivity contribution in [2.45, 2.75) is 33.2 Å². The third kappa shape index (κ3) is 3.11. The second-order valence-electron chi connectivity index (χ2n) is 3.96. The number of hydrogen-bond acceptors (Lipinski definition) is 2. The van der Waals surface area contributed by atoms with Gasteiger partial charge in [-0.1, -0.05) is 26.8 Å². The van der Waals surface area contributed by atoms with Crippen LogP contribution in [0.25, 0.3) is 0 Å². The fourth-order valence-electron chi connectivity index (χ4n) is 1.60. The van der Waals surface area contributed by atoms with Gasteiger partial charge in [-0.3, -0.25) is 4.98 Å². The molecule has 0 spiro atoms. The predicted octanol–water partition coefficient (Wildman–Crippen LogP) is 2.78. The summed E-state index contributed by atoms with van der Waals surface area (Å²) in [7, 11) is 0. The third-order valence-corrected chi connectivity index (χ3v) is 2.32. The molecule has 1 atom stereocenters. The molecule has 0 aromatic carbocycles. The van der Waals surface area contributed by atoms with Crippen LogP contribution in [-0.4, -0.2) is 11.5 Å². The molecule has 0 aliphatic heterocycles. The van der Waals surface area contributed by atoms with Crippen LogP contribution in [0.1, 0.15) is 38.8 Å². The number of aromatic nitrogens is 1. The van der Waals surface area contributed by atoms with Crippen LogP contribution >= 0.6 is 0 Å². The zero-order valence-electron chi connectivity index (χ0n) is 9.33. The maximum Gasteiger partial charge on any atom is 0.0358 e. The van der Waals surface area contributed by atoms with Gasteiger partial charge in [0, 0.05) is 18.4 Å². The molecule has 0 amide bonds. The maximum atomic E-state index is 4.16. The van der Waals surface area contributed by atoms with Crippen molar-refractivity contribution in [2.75, 3.05) is 6.54 Å². The van der Waals surface area contributed by atoms with Gasteiger partial charge < -0.3 is 5.32 Å². The summed E-state index contributed by atoms with van der Waals surface area (Å²) in [5.41, 5.74) is 1.29. The fraction of sp³-hybridized carbons (Fsp3) is 0.583. The lowest BCUT2D eigenvalue weighted by atomic mass is 9.97. The fourth-order valence-corrected chi connectivity index (χ4v) is 1.60. The number of nitrogens with zero attached hydrogens (tertiary/aromatic N) is 1. The Bertz CT molecular complexity index is 244. The van der Waals surface area contributed by atoms with E-state index in [9.17, 15) is 0 Å². The van der Waals surface area contributed by atoms with Crippen LogP contribution in [0, 0.1) is 5.92 Å². The highest BCUT2D eigenvalue weighted by molar-refractivity contribution is 5.14. The van der Waals surface area contributed by atoms with Crippen molar-refractivity contribution in [1.29, 1.82) is 0 Å². The summed E-state index contributed by atoms with van der Waals surface area (Å²) in [5, 5.41) is 3.55. The maximum absolute atomic E-state index is 4.16. The molecule has 0 aliphatic carbocycles. The summed E-state index contributed by atoms with van der Waals surface area (Å²) in [6.45, 7) is 7.73. The molecule has 78 valence electrons. The summed E-state index contributed by atoms with van der Waals surface area (Å²) >= 11 is 0. The summed E-state index contributed by atoms with van der Waals surface area (Å²) in [5.74, 6) is 0.603. The van der Waals surface area contributed by atoms with Crippen molar-refractivity contribution in [3.8, 4) is 0 Å². The Kier molecular flexibility index (Phi) is 4.60. The molecule has 0 saturated carbocycles. The first kappa shape index (κ1) is 11.2. The average molecular weight is 192 g/mol. The Morgan fingerprint density at radius 1 is 1.43 bits per heavy atom. The van der Waals surface area contributed by atoms with Gasteiger partial charge >= 0.3 is 0 Å². The van der Waals surface area contributed by atoms with Crippen LogP contribution in [0.2, 0.25) is 0 Å². The highest BCUT2D eigenvalue weighted by Gasteiger charge is 2.13. The van der Waals surface area contributed by atoms with E-state index in [1.54, 1.807) is 0 Å². The molecule has 0 radical (unpaired) electrons. The van der Waals surface area contributed by atoms with Gasteiger partial charge in [0.15, 0.2) is 0 Å². The van der Waals surface area contributed by atoms with Gasteiger partial charge in [0.05, 0.1) is 0 Å². The highest BCUT2D eigenvalue weighted by Crippen LogP contribution is 2.20. The van der Waals surface area contributed by atoms with Crippen LogP contribution in [0.3, 0.4) is 0 Å². The van der Waals surface area contributed by atoms with Crippen molar-refractivity contribution in [2.24, 2.45) is 5.92 Å². The molecular weight excluding hydrogens is 172 g/mol. The zero-order valence-corrected chi connectivity index (χ0v) is 9.33. The highest BCUT2D eigenvalue weighted by atomic mass is 14.9. The minimum absolute atomic E-state index is 0.434. The summed E-state index contributed by atoms with van der Waals surface area (Å²) in [6, 6.07) is 4.57. The Morgan fingerprint density at radius 2 is 2.21 bits per heavy atom.